The Hall–Kier alpha value is -2.12. The maximum absolute atomic E-state index is 11.8. The van der Waals surface area contributed by atoms with E-state index in [1.165, 1.54) is 7.11 Å². The lowest BCUT2D eigenvalue weighted by Crippen LogP contribution is -2.56. The number of methoxy groups -OCH3 is 1. The van der Waals surface area contributed by atoms with Crippen molar-refractivity contribution >= 4 is 12.2 Å². The molecule has 2 heterocycles. The lowest BCUT2D eigenvalue weighted by molar-refractivity contribution is -0.0902. The number of amides is 1. The fraction of sp³-hybridized carbons (Fsp3) is 0.556. The van der Waals surface area contributed by atoms with E-state index in [1.54, 1.807) is 24.2 Å². The standard InChI is InChI=1S/C18H27N3O4/c1-13(19-3)6-5-7-15-8-16(10-20-9-15)25-17-11-21(12-17)18(22)24-14(2)23-4/h5,7-10,13-14,17,19H,6,11-12H2,1-4H3/t13-,14?/m0/s1. The number of aromatic nitrogens is 1. The molecule has 1 unspecified atom stereocenters. The summed E-state index contributed by atoms with van der Waals surface area (Å²) in [5.41, 5.74) is 0.991. The van der Waals surface area contributed by atoms with Gasteiger partial charge in [0.15, 0.2) is 0 Å². The SMILES string of the molecule is CN[C@@H](C)CC=Cc1cncc(OC2CN(C(=O)OC(C)OC)C2)c1. The van der Waals surface area contributed by atoms with Gasteiger partial charge in [0.25, 0.3) is 0 Å². The number of nitrogens with one attached hydrogen (secondary N) is 1. The molecule has 0 spiro atoms. The van der Waals surface area contributed by atoms with E-state index in [9.17, 15) is 4.79 Å². The second kappa shape index (κ2) is 9.39. The monoisotopic (exact) mass is 349 g/mol. The van der Waals surface area contributed by atoms with Gasteiger partial charge in [0.2, 0.25) is 6.29 Å². The molecule has 1 amide bonds. The quantitative estimate of drug-likeness (QED) is 0.726. The first-order chi connectivity index (χ1) is 12.0. The second-order valence-corrected chi connectivity index (χ2v) is 6.11. The van der Waals surface area contributed by atoms with Crippen molar-refractivity contribution in [3.05, 3.63) is 30.1 Å². The third-order valence-corrected chi connectivity index (χ3v) is 4.03. The maximum Gasteiger partial charge on any atom is 0.412 e. The number of rotatable bonds is 8. The topological polar surface area (TPSA) is 72.9 Å². The van der Waals surface area contributed by atoms with Crippen molar-refractivity contribution in [2.24, 2.45) is 0 Å². The highest BCUT2D eigenvalue weighted by atomic mass is 16.7. The van der Waals surface area contributed by atoms with Crippen molar-refractivity contribution in [2.75, 3.05) is 27.2 Å². The molecule has 1 saturated heterocycles. The highest BCUT2D eigenvalue weighted by molar-refractivity contribution is 5.68. The van der Waals surface area contributed by atoms with Gasteiger partial charge in [-0.15, -0.1) is 0 Å². The summed E-state index contributed by atoms with van der Waals surface area (Å²) in [6.07, 6.45) is 7.58. The lowest BCUT2D eigenvalue weighted by atomic mass is 10.1. The molecule has 1 fully saturated rings. The molecule has 0 radical (unpaired) electrons. The minimum atomic E-state index is -0.550. The largest absolute Gasteiger partial charge is 0.485 e. The minimum Gasteiger partial charge on any atom is -0.485 e. The molecule has 2 atom stereocenters. The van der Waals surface area contributed by atoms with Gasteiger partial charge in [0, 0.05) is 19.3 Å². The number of hydrogen-bond donors (Lipinski definition) is 1. The van der Waals surface area contributed by atoms with Gasteiger partial charge in [-0.25, -0.2) is 4.79 Å². The molecule has 1 N–H and O–H groups in total. The highest BCUT2D eigenvalue weighted by Crippen LogP contribution is 2.20. The first-order valence-electron chi connectivity index (χ1n) is 8.45. The molecular formula is C18H27N3O4. The Morgan fingerprint density at radius 2 is 2.20 bits per heavy atom. The van der Waals surface area contributed by atoms with Crippen LogP contribution in [0, 0.1) is 0 Å². The number of carbonyl (C=O) groups is 1. The highest BCUT2D eigenvalue weighted by Gasteiger charge is 2.34. The van der Waals surface area contributed by atoms with Crippen LogP contribution in [0.25, 0.3) is 6.08 Å². The summed E-state index contributed by atoms with van der Waals surface area (Å²) in [4.78, 5) is 17.6. The van der Waals surface area contributed by atoms with Crippen molar-refractivity contribution in [1.82, 2.24) is 15.2 Å². The van der Waals surface area contributed by atoms with E-state index >= 15 is 0 Å². The normalized spacial score (nSPS) is 17.2. The lowest BCUT2D eigenvalue weighted by Gasteiger charge is -2.38. The summed E-state index contributed by atoms with van der Waals surface area (Å²) >= 11 is 0. The predicted octanol–water partition coefficient (Wildman–Crippen LogP) is 2.28. The van der Waals surface area contributed by atoms with Gasteiger partial charge in [-0.3, -0.25) is 4.98 Å². The molecule has 7 nitrogen and oxygen atoms in total. The minimum absolute atomic E-state index is 0.0456. The van der Waals surface area contributed by atoms with E-state index in [1.807, 2.05) is 19.2 Å². The van der Waals surface area contributed by atoms with E-state index in [0.717, 1.165) is 12.0 Å². The predicted molar refractivity (Wildman–Crippen MR) is 95.4 cm³/mol. The van der Waals surface area contributed by atoms with Crippen LogP contribution in [0.15, 0.2) is 24.5 Å². The third kappa shape index (κ3) is 6.03. The van der Waals surface area contributed by atoms with E-state index in [4.69, 9.17) is 14.2 Å². The van der Waals surface area contributed by atoms with E-state index < -0.39 is 6.29 Å². The summed E-state index contributed by atoms with van der Waals surface area (Å²) in [7, 11) is 3.44. The van der Waals surface area contributed by atoms with Gasteiger partial charge in [0.05, 0.1) is 19.3 Å². The fourth-order valence-corrected chi connectivity index (χ4v) is 2.24. The van der Waals surface area contributed by atoms with Gasteiger partial charge in [-0.05, 0) is 38.9 Å². The Morgan fingerprint density at radius 3 is 2.88 bits per heavy atom. The molecule has 1 aliphatic heterocycles. The van der Waals surface area contributed by atoms with Gasteiger partial charge < -0.3 is 24.4 Å². The Labute approximate surface area is 149 Å². The van der Waals surface area contributed by atoms with Gasteiger partial charge in [0.1, 0.15) is 11.9 Å². The Balaban J connectivity index is 1.79. The summed E-state index contributed by atoms with van der Waals surface area (Å²) in [5.74, 6) is 0.701. The number of nitrogens with zero attached hydrogens (tertiary/aromatic N) is 2. The van der Waals surface area contributed by atoms with Crippen LogP contribution in [-0.2, 0) is 9.47 Å². The molecule has 7 heteroatoms. The van der Waals surface area contributed by atoms with Gasteiger partial charge in [-0.1, -0.05) is 12.2 Å². The summed E-state index contributed by atoms with van der Waals surface area (Å²) in [6.45, 7) is 4.79. The number of pyridine rings is 1. The molecule has 25 heavy (non-hydrogen) atoms. The van der Waals surface area contributed by atoms with Crippen LogP contribution in [0.4, 0.5) is 4.79 Å². The molecular weight excluding hydrogens is 322 g/mol. The molecule has 0 saturated carbocycles. The van der Waals surface area contributed by atoms with Crippen LogP contribution in [0.1, 0.15) is 25.8 Å². The molecule has 0 bridgehead atoms. The average molecular weight is 349 g/mol. The zero-order valence-corrected chi connectivity index (χ0v) is 15.3. The van der Waals surface area contributed by atoms with Crippen molar-refractivity contribution in [3.63, 3.8) is 0 Å². The summed E-state index contributed by atoms with van der Waals surface area (Å²) < 4.78 is 15.8. The van der Waals surface area contributed by atoms with E-state index in [2.05, 4.69) is 23.3 Å². The van der Waals surface area contributed by atoms with Gasteiger partial charge >= 0.3 is 6.09 Å². The number of carbonyl (C=O) groups excluding carboxylic acids is 1. The molecule has 1 aromatic rings. The molecule has 1 aromatic heterocycles. The Morgan fingerprint density at radius 1 is 1.44 bits per heavy atom. The molecule has 0 aromatic carbocycles. The van der Waals surface area contributed by atoms with Crippen LogP contribution < -0.4 is 10.1 Å². The molecule has 1 aliphatic rings. The Kier molecular flexibility index (Phi) is 7.21. The summed E-state index contributed by atoms with van der Waals surface area (Å²) in [6, 6.07) is 2.38. The number of likely N-dealkylation sites (tertiary alicyclic amines) is 1. The smallest absolute Gasteiger partial charge is 0.412 e. The second-order valence-electron chi connectivity index (χ2n) is 6.11. The maximum atomic E-state index is 11.8. The van der Waals surface area contributed by atoms with E-state index in [-0.39, 0.29) is 12.2 Å². The van der Waals surface area contributed by atoms with Crippen molar-refractivity contribution in [2.45, 2.75) is 38.7 Å². The van der Waals surface area contributed by atoms with Crippen LogP contribution in [0.5, 0.6) is 5.75 Å². The van der Waals surface area contributed by atoms with Crippen LogP contribution in [0.3, 0.4) is 0 Å². The number of hydrogen-bond acceptors (Lipinski definition) is 6. The zero-order chi connectivity index (χ0) is 18.2. The molecule has 2 rings (SSSR count). The Bertz CT molecular complexity index is 587. The average Bonchev–Trinajstić information content (AvgIpc) is 2.57. The van der Waals surface area contributed by atoms with Crippen LogP contribution in [0.2, 0.25) is 0 Å². The van der Waals surface area contributed by atoms with E-state index in [0.29, 0.717) is 24.9 Å². The van der Waals surface area contributed by atoms with Crippen molar-refractivity contribution in [1.29, 1.82) is 0 Å². The van der Waals surface area contributed by atoms with Gasteiger partial charge in [-0.2, -0.15) is 0 Å². The van der Waals surface area contributed by atoms with Crippen molar-refractivity contribution < 1.29 is 19.0 Å². The zero-order valence-electron chi connectivity index (χ0n) is 15.3. The van der Waals surface area contributed by atoms with Crippen molar-refractivity contribution in [3.8, 4) is 5.75 Å². The molecule has 0 aliphatic carbocycles. The summed E-state index contributed by atoms with van der Waals surface area (Å²) in [5, 5.41) is 3.19. The molecule has 138 valence electrons. The van der Waals surface area contributed by atoms with Crippen LogP contribution >= 0.6 is 0 Å². The number of ether oxygens (including phenoxy) is 3. The van der Waals surface area contributed by atoms with Crippen LogP contribution in [-0.4, -0.2) is 61.7 Å². The first-order valence-corrected chi connectivity index (χ1v) is 8.45. The third-order valence-electron chi connectivity index (χ3n) is 4.03. The first kappa shape index (κ1) is 19.2. The fourth-order valence-electron chi connectivity index (χ4n) is 2.24.